The molecule has 2 aliphatic rings. The number of benzene rings is 2. The van der Waals surface area contributed by atoms with Crippen molar-refractivity contribution >= 4 is 17.3 Å². The van der Waals surface area contributed by atoms with Crippen molar-refractivity contribution in [2.75, 3.05) is 0 Å². The predicted molar refractivity (Wildman–Crippen MR) is 116 cm³/mol. The van der Waals surface area contributed by atoms with Crippen molar-refractivity contribution in [1.29, 1.82) is 0 Å². The minimum absolute atomic E-state index is 0.0395. The summed E-state index contributed by atoms with van der Waals surface area (Å²) < 4.78 is 11.7. The Morgan fingerprint density at radius 2 is 1.70 bits per heavy atom. The quantitative estimate of drug-likeness (QED) is 0.650. The van der Waals surface area contributed by atoms with Crippen molar-refractivity contribution in [3.8, 4) is 0 Å². The van der Waals surface area contributed by atoms with E-state index >= 15 is 0 Å². The molecule has 1 fully saturated rings. The van der Waals surface area contributed by atoms with E-state index in [2.05, 4.69) is 20.8 Å². The molecule has 1 aliphatic heterocycles. The van der Waals surface area contributed by atoms with Crippen LogP contribution in [0.25, 0.3) is 5.57 Å². The monoisotopic (exact) mass is 404 g/mol. The summed E-state index contributed by atoms with van der Waals surface area (Å²) in [7, 11) is 0. The van der Waals surface area contributed by atoms with Gasteiger partial charge in [-0.15, -0.1) is 0 Å². The summed E-state index contributed by atoms with van der Waals surface area (Å²) in [6.45, 7) is 6.42. The van der Waals surface area contributed by atoms with E-state index in [0.29, 0.717) is 30.4 Å². The van der Waals surface area contributed by atoms with E-state index in [1.54, 1.807) is 6.26 Å². The first-order valence-corrected chi connectivity index (χ1v) is 10.6. The third-order valence-corrected chi connectivity index (χ3v) is 6.05. The highest BCUT2D eigenvalue weighted by molar-refractivity contribution is 6.22. The molecule has 0 spiro atoms. The fourth-order valence-electron chi connectivity index (χ4n) is 4.22. The Labute approximate surface area is 177 Å². The average molecular weight is 405 g/mol. The van der Waals surface area contributed by atoms with Crippen LogP contribution in [-0.4, -0.2) is 24.0 Å². The Morgan fingerprint density at radius 3 is 2.37 bits per heavy atom. The largest absolute Gasteiger partial charge is 0.496 e. The van der Waals surface area contributed by atoms with Crippen molar-refractivity contribution in [1.82, 2.24) is 0 Å². The molecule has 1 aliphatic carbocycles. The number of ketones is 1. The number of Topliss-reactive ketones (excluding diaryl/α,β-unsaturated/α-hetero) is 1. The molecule has 1 saturated carbocycles. The van der Waals surface area contributed by atoms with Gasteiger partial charge in [0.2, 0.25) is 0 Å². The maximum absolute atomic E-state index is 13.0. The second-order valence-corrected chi connectivity index (χ2v) is 9.21. The van der Waals surface area contributed by atoms with Crippen LogP contribution in [0.3, 0.4) is 0 Å². The van der Waals surface area contributed by atoms with Crippen molar-refractivity contribution in [3.63, 3.8) is 0 Å². The number of esters is 1. The molecule has 3 unspecified atom stereocenters. The molecule has 3 atom stereocenters. The van der Waals surface area contributed by atoms with E-state index < -0.39 is 0 Å². The van der Waals surface area contributed by atoms with Gasteiger partial charge in [0.05, 0.1) is 23.3 Å². The van der Waals surface area contributed by atoms with E-state index in [1.807, 2.05) is 54.6 Å². The first-order chi connectivity index (χ1) is 14.3. The lowest BCUT2D eigenvalue weighted by Crippen LogP contribution is -2.42. The van der Waals surface area contributed by atoms with Gasteiger partial charge in [0.15, 0.2) is 5.78 Å². The Bertz CT molecular complexity index is 951. The molecule has 4 rings (SSSR count). The third-order valence-electron chi connectivity index (χ3n) is 6.05. The molecule has 0 bridgehead atoms. The Balaban J connectivity index is 1.40. The first kappa shape index (κ1) is 20.4. The molecule has 0 radical (unpaired) electrons. The minimum atomic E-state index is -0.318. The van der Waals surface area contributed by atoms with Crippen molar-refractivity contribution < 1.29 is 19.1 Å². The van der Waals surface area contributed by atoms with E-state index in [-0.39, 0.29) is 35.3 Å². The molecule has 0 saturated heterocycles. The van der Waals surface area contributed by atoms with Crippen LogP contribution < -0.4 is 0 Å². The Hall–Kier alpha value is -2.88. The maximum Gasteiger partial charge on any atom is 0.338 e. The van der Waals surface area contributed by atoms with Crippen LogP contribution in [0.4, 0.5) is 0 Å². The SMILES string of the molecule is CC(C)(C)c1ccc(C(=O)OC2CCC3C(=O)C(c4ccccc4)=COC3C2)cc1. The average Bonchev–Trinajstić information content (AvgIpc) is 2.74. The highest BCUT2D eigenvalue weighted by Crippen LogP contribution is 2.37. The standard InChI is InChI=1S/C26H28O4/c1-26(2,3)19-11-9-18(10-12-19)25(28)30-20-13-14-21-23(15-20)29-16-22(24(21)27)17-7-5-4-6-8-17/h4-12,16,20-21,23H,13-15H2,1-3H3. The van der Waals surface area contributed by atoms with Gasteiger partial charge in [0, 0.05) is 6.42 Å². The van der Waals surface area contributed by atoms with Crippen LogP contribution >= 0.6 is 0 Å². The Kier molecular flexibility index (Phi) is 5.50. The summed E-state index contributed by atoms with van der Waals surface area (Å²) in [6, 6.07) is 17.2. The molecule has 2 aromatic carbocycles. The van der Waals surface area contributed by atoms with E-state index in [9.17, 15) is 9.59 Å². The number of ether oxygens (including phenoxy) is 2. The predicted octanol–water partition coefficient (Wildman–Crippen LogP) is 5.32. The topological polar surface area (TPSA) is 52.6 Å². The molecule has 2 aromatic rings. The molecule has 0 N–H and O–H groups in total. The van der Waals surface area contributed by atoms with Crippen LogP contribution in [-0.2, 0) is 19.7 Å². The van der Waals surface area contributed by atoms with Crippen LogP contribution in [0, 0.1) is 5.92 Å². The van der Waals surface area contributed by atoms with Gasteiger partial charge in [-0.3, -0.25) is 4.79 Å². The summed E-state index contributed by atoms with van der Waals surface area (Å²) in [4.78, 5) is 25.6. The molecule has 4 heteroatoms. The smallest absolute Gasteiger partial charge is 0.338 e. The number of carbonyl (C=O) groups is 2. The zero-order valence-electron chi connectivity index (χ0n) is 17.8. The van der Waals surface area contributed by atoms with E-state index in [1.165, 1.54) is 5.56 Å². The van der Waals surface area contributed by atoms with Gasteiger partial charge < -0.3 is 9.47 Å². The normalized spacial score (nSPS) is 23.8. The number of fused-ring (bicyclic) bond motifs is 1. The highest BCUT2D eigenvalue weighted by atomic mass is 16.5. The molecule has 0 amide bonds. The van der Waals surface area contributed by atoms with Gasteiger partial charge in [-0.05, 0) is 41.5 Å². The lowest BCUT2D eigenvalue weighted by molar-refractivity contribution is -0.126. The maximum atomic E-state index is 13.0. The molecule has 4 nitrogen and oxygen atoms in total. The van der Waals surface area contributed by atoms with E-state index in [4.69, 9.17) is 9.47 Å². The highest BCUT2D eigenvalue weighted by Gasteiger charge is 2.41. The second-order valence-electron chi connectivity index (χ2n) is 9.21. The molecular weight excluding hydrogens is 376 g/mol. The van der Waals surface area contributed by atoms with Crippen LogP contribution in [0.2, 0.25) is 0 Å². The summed E-state index contributed by atoms with van der Waals surface area (Å²) in [5.41, 5.74) is 3.28. The fraction of sp³-hybridized carbons (Fsp3) is 0.385. The van der Waals surface area contributed by atoms with Crippen LogP contribution in [0.15, 0.2) is 60.9 Å². The first-order valence-electron chi connectivity index (χ1n) is 10.6. The van der Waals surface area contributed by atoms with Crippen LogP contribution in [0.5, 0.6) is 0 Å². The molecule has 1 heterocycles. The molecule has 0 aromatic heterocycles. The summed E-state index contributed by atoms with van der Waals surface area (Å²) in [5, 5.41) is 0. The number of rotatable bonds is 3. The summed E-state index contributed by atoms with van der Waals surface area (Å²) in [6.07, 6.45) is 2.98. The molecular formula is C26H28O4. The zero-order valence-corrected chi connectivity index (χ0v) is 17.8. The number of hydrogen-bond acceptors (Lipinski definition) is 4. The lowest BCUT2D eigenvalue weighted by atomic mass is 9.78. The van der Waals surface area contributed by atoms with Gasteiger partial charge >= 0.3 is 5.97 Å². The van der Waals surface area contributed by atoms with Gasteiger partial charge in [-0.25, -0.2) is 4.79 Å². The fourth-order valence-corrected chi connectivity index (χ4v) is 4.22. The molecule has 156 valence electrons. The summed E-state index contributed by atoms with van der Waals surface area (Å²) >= 11 is 0. The van der Waals surface area contributed by atoms with Crippen molar-refractivity contribution in [2.45, 2.75) is 57.7 Å². The lowest BCUT2D eigenvalue weighted by Gasteiger charge is -2.37. The zero-order chi connectivity index (χ0) is 21.3. The summed E-state index contributed by atoms with van der Waals surface area (Å²) in [5.74, 6) is -0.368. The van der Waals surface area contributed by atoms with Gasteiger partial charge in [-0.2, -0.15) is 0 Å². The number of hydrogen-bond donors (Lipinski definition) is 0. The van der Waals surface area contributed by atoms with Crippen molar-refractivity contribution in [2.24, 2.45) is 5.92 Å². The van der Waals surface area contributed by atoms with E-state index in [0.717, 1.165) is 5.56 Å². The van der Waals surface area contributed by atoms with Crippen LogP contribution in [0.1, 0.15) is 61.5 Å². The number of allylic oxidation sites excluding steroid dienone is 1. The minimum Gasteiger partial charge on any atom is -0.496 e. The van der Waals surface area contributed by atoms with Crippen molar-refractivity contribution in [3.05, 3.63) is 77.5 Å². The second kappa shape index (κ2) is 8.10. The number of carbonyl (C=O) groups excluding carboxylic acids is 2. The van der Waals surface area contributed by atoms with Gasteiger partial charge in [-0.1, -0.05) is 63.2 Å². The van der Waals surface area contributed by atoms with Gasteiger partial charge in [0.25, 0.3) is 0 Å². The molecule has 30 heavy (non-hydrogen) atoms. The Morgan fingerprint density at radius 1 is 1.00 bits per heavy atom. The van der Waals surface area contributed by atoms with Gasteiger partial charge in [0.1, 0.15) is 12.2 Å². The third kappa shape index (κ3) is 4.18.